The van der Waals surface area contributed by atoms with Crippen LogP contribution in [0.2, 0.25) is 0 Å². The first-order chi connectivity index (χ1) is 10.8. The molecule has 128 valence electrons. The van der Waals surface area contributed by atoms with Crippen molar-refractivity contribution in [3.63, 3.8) is 0 Å². The number of rotatable bonds is 0. The Bertz CT molecular complexity index is 672. The molecule has 1 aromatic carbocycles. The molecule has 2 heterocycles. The van der Waals surface area contributed by atoms with E-state index >= 15 is 0 Å². The summed E-state index contributed by atoms with van der Waals surface area (Å²) in [4.78, 5) is 0. The molecule has 0 spiro atoms. The highest BCUT2D eigenvalue weighted by atomic mass is 19.1. The maximum atomic E-state index is 14.2. The molecule has 1 aliphatic rings. The van der Waals surface area contributed by atoms with Crippen molar-refractivity contribution in [2.24, 2.45) is 7.05 Å². The van der Waals surface area contributed by atoms with E-state index in [0.717, 1.165) is 17.5 Å². The van der Waals surface area contributed by atoms with Crippen LogP contribution < -0.4 is 4.57 Å². The quantitative estimate of drug-likeness (QED) is 0.592. The Hall–Kier alpha value is -1.71. The van der Waals surface area contributed by atoms with E-state index in [1.165, 1.54) is 6.07 Å². The van der Waals surface area contributed by atoms with Crippen molar-refractivity contribution in [1.82, 2.24) is 4.57 Å². The number of hydrogen-bond acceptors (Lipinski definition) is 0. The van der Waals surface area contributed by atoms with E-state index in [2.05, 4.69) is 18.4 Å². The van der Waals surface area contributed by atoms with Gasteiger partial charge in [-0.05, 0) is 25.5 Å². The Kier molecular flexibility index (Phi) is 6.09. The van der Waals surface area contributed by atoms with Crippen LogP contribution in [-0.4, -0.2) is 4.57 Å². The zero-order valence-electron chi connectivity index (χ0n) is 15.5. The molecule has 0 amide bonds. The second-order valence-corrected chi connectivity index (χ2v) is 5.83. The lowest BCUT2D eigenvalue weighted by Crippen LogP contribution is -2.41. The first kappa shape index (κ1) is 19.3. The number of benzene rings is 1. The topological polar surface area (TPSA) is 8.81 Å². The van der Waals surface area contributed by atoms with E-state index < -0.39 is 11.6 Å². The van der Waals surface area contributed by atoms with Crippen LogP contribution in [0.15, 0.2) is 24.5 Å². The van der Waals surface area contributed by atoms with Gasteiger partial charge in [0.1, 0.15) is 35.1 Å². The molecule has 0 saturated heterocycles. The number of aryl methyl sites for hydroxylation is 1. The first-order valence-corrected chi connectivity index (χ1v) is 8.41. The summed E-state index contributed by atoms with van der Waals surface area (Å²) >= 11 is 0. The van der Waals surface area contributed by atoms with Crippen LogP contribution in [0.25, 0.3) is 11.4 Å². The molecule has 23 heavy (non-hydrogen) atoms. The molecule has 0 fully saturated rings. The average molecular weight is 323 g/mol. The van der Waals surface area contributed by atoms with Gasteiger partial charge in [-0.1, -0.05) is 34.6 Å². The molecule has 0 saturated carbocycles. The van der Waals surface area contributed by atoms with E-state index in [1.807, 2.05) is 58.6 Å². The summed E-state index contributed by atoms with van der Waals surface area (Å²) in [5.74, 6) is -0.183. The van der Waals surface area contributed by atoms with Crippen molar-refractivity contribution >= 4 is 0 Å². The van der Waals surface area contributed by atoms with Gasteiger partial charge in [-0.25, -0.2) is 17.9 Å². The van der Waals surface area contributed by atoms with Crippen LogP contribution in [0.5, 0.6) is 0 Å². The summed E-state index contributed by atoms with van der Waals surface area (Å²) in [6.45, 7) is 14.2. The normalized spacial score (nSPS) is 17.0. The Morgan fingerprint density at radius 3 is 2.22 bits per heavy atom. The summed E-state index contributed by atoms with van der Waals surface area (Å²) in [6, 6.07) is 2.42. The molecule has 4 heteroatoms. The fourth-order valence-corrected chi connectivity index (χ4v) is 3.00. The van der Waals surface area contributed by atoms with Crippen LogP contribution in [0.1, 0.15) is 59.9 Å². The second kappa shape index (κ2) is 7.24. The van der Waals surface area contributed by atoms with Gasteiger partial charge in [-0.2, -0.15) is 0 Å². The lowest BCUT2D eigenvalue weighted by Gasteiger charge is -2.35. The van der Waals surface area contributed by atoms with Crippen molar-refractivity contribution in [2.45, 2.75) is 59.9 Å². The molecule has 2 nitrogen and oxygen atoms in total. The van der Waals surface area contributed by atoms with Crippen LogP contribution in [-0.2, 0) is 12.6 Å². The van der Waals surface area contributed by atoms with E-state index in [9.17, 15) is 8.78 Å². The summed E-state index contributed by atoms with van der Waals surface area (Å²) in [6.07, 6.45) is 3.86. The summed E-state index contributed by atoms with van der Waals surface area (Å²) in [5.41, 5.74) is 1.04. The lowest BCUT2D eigenvalue weighted by atomic mass is 9.77. The minimum absolute atomic E-state index is 0.0348. The van der Waals surface area contributed by atoms with Gasteiger partial charge in [0.05, 0.1) is 7.05 Å². The van der Waals surface area contributed by atoms with E-state index in [4.69, 9.17) is 0 Å². The minimum Gasteiger partial charge on any atom is -0.233 e. The van der Waals surface area contributed by atoms with Gasteiger partial charge in [-0.15, -0.1) is 0 Å². The van der Waals surface area contributed by atoms with Gasteiger partial charge >= 0.3 is 0 Å². The molecule has 1 aliphatic heterocycles. The number of halogens is 2. The highest BCUT2D eigenvalue weighted by Crippen LogP contribution is 2.45. The number of aromatic nitrogens is 2. The number of hydrogen-bond donors (Lipinski definition) is 0. The number of nitrogens with zero attached hydrogens (tertiary/aromatic N) is 2. The monoisotopic (exact) mass is 323 g/mol. The molecule has 0 aliphatic carbocycles. The predicted octanol–water partition coefficient (Wildman–Crippen LogP) is 5.16. The van der Waals surface area contributed by atoms with Gasteiger partial charge in [0, 0.05) is 12.0 Å². The van der Waals surface area contributed by atoms with Crippen LogP contribution in [0.4, 0.5) is 8.78 Å². The third kappa shape index (κ3) is 3.04. The minimum atomic E-state index is -0.512. The lowest BCUT2D eigenvalue weighted by molar-refractivity contribution is -0.660. The van der Waals surface area contributed by atoms with Gasteiger partial charge < -0.3 is 0 Å². The zero-order chi connectivity index (χ0) is 17.9. The van der Waals surface area contributed by atoms with Gasteiger partial charge in [0.15, 0.2) is 0 Å². The van der Waals surface area contributed by atoms with Crippen molar-refractivity contribution < 1.29 is 13.3 Å². The molecule has 0 N–H and O–H groups in total. The molecule has 1 atom stereocenters. The third-order valence-electron chi connectivity index (χ3n) is 4.46. The largest absolute Gasteiger partial charge is 0.292 e. The van der Waals surface area contributed by atoms with Gasteiger partial charge in [0.2, 0.25) is 0 Å². The van der Waals surface area contributed by atoms with E-state index in [1.54, 1.807) is 0 Å². The van der Waals surface area contributed by atoms with Gasteiger partial charge in [0.25, 0.3) is 5.82 Å². The highest BCUT2D eigenvalue weighted by molar-refractivity contribution is 5.63. The van der Waals surface area contributed by atoms with Crippen LogP contribution in [0, 0.1) is 11.6 Å². The summed E-state index contributed by atoms with van der Waals surface area (Å²) in [7, 11) is 1.88. The molecular weight excluding hydrogens is 294 g/mol. The fourth-order valence-electron chi connectivity index (χ4n) is 3.00. The maximum Gasteiger partial charge on any atom is 0.292 e. The van der Waals surface area contributed by atoms with Crippen molar-refractivity contribution in [1.29, 1.82) is 0 Å². The third-order valence-corrected chi connectivity index (χ3v) is 4.46. The summed E-state index contributed by atoms with van der Waals surface area (Å²) < 4.78 is 31.7. The standard InChI is InChI=1S/C15H17F2N2.2C2H6/c1-9-11-7-10(16)8-12(17)13(11)14-18(4)5-6-19(14)15(9,2)3;2*1-2/h5-9H,1-4H3;2*1-2H3/q+1;;. The first-order valence-electron chi connectivity index (χ1n) is 8.41. The van der Waals surface area contributed by atoms with Gasteiger partial charge in [-0.3, -0.25) is 0 Å². The number of imidazole rings is 1. The van der Waals surface area contributed by atoms with E-state index in [-0.39, 0.29) is 11.5 Å². The molecule has 2 aromatic rings. The molecule has 3 rings (SSSR count). The average Bonchev–Trinajstić information content (AvgIpc) is 2.91. The molecular formula is C19H29F2N2+. The van der Waals surface area contributed by atoms with Crippen molar-refractivity contribution in [3.05, 3.63) is 41.7 Å². The molecule has 0 radical (unpaired) electrons. The van der Waals surface area contributed by atoms with E-state index in [0.29, 0.717) is 5.56 Å². The van der Waals surface area contributed by atoms with Crippen molar-refractivity contribution in [2.75, 3.05) is 0 Å². The SMILES string of the molecule is CC.CC.CC1c2cc(F)cc(F)c2-c2n(cc[n+]2C)C1(C)C. The predicted molar refractivity (Wildman–Crippen MR) is 91.4 cm³/mol. The zero-order valence-corrected chi connectivity index (χ0v) is 15.5. The Morgan fingerprint density at radius 2 is 1.65 bits per heavy atom. The molecule has 0 bridgehead atoms. The highest BCUT2D eigenvalue weighted by Gasteiger charge is 2.44. The fraction of sp³-hybridized carbons (Fsp3) is 0.526. The Labute approximate surface area is 138 Å². The Morgan fingerprint density at radius 1 is 1.09 bits per heavy atom. The second-order valence-electron chi connectivity index (χ2n) is 5.83. The molecule has 1 unspecified atom stereocenters. The van der Waals surface area contributed by atoms with Crippen LogP contribution in [0.3, 0.4) is 0 Å². The Balaban J connectivity index is 0.000000615. The smallest absolute Gasteiger partial charge is 0.233 e. The van der Waals surface area contributed by atoms with Crippen LogP contribution >= 0.6 is 0 Å². The maximum absolute atomic E-state index is 14.2. The summed E-state index contributed by atoms with van der Waals surface area (Å²) in [5, 5.41) is 0. The van der Waals surface area contributed by atoms with Crippen molar-refractivity contribution in [3.8, 4) is 11.4 Å². The molecule has 1 aromatic heterocycles. The number of fused-ring (bicyclic) bond motifs is 3.